The fraction of sp³-hybridized carbons (Fsp3) is 0.704. The van der Waals surface area contributed by atoms with Crippen LogP contribution in [0.3, 0.4) is 0 Å². The number of carboxylic acid groups (broad SMARTS) is 1. The quantitative estimate of drug-likeness (QED) is 0.307. The Morgan fingerprint density at radius 1 is 1.12 bits per heavy atom. The fourth-order valence-corrected chi connectivity index (χ4v) is 5.75. The number of carbonyl (C=O) groups is 2. The van der Waals surface area contributed by atoms with Crippen molar-refractivity contribution in [3.63, 3.8) is 0 Å². The summed E-state index contributed by atoms with van der Waals surface area (Å²) in [6, 6.07) is 5.84. The van der Waals surface area contributed by atoms with Crippen LogP contribution in [0.4, 0.5) is 0 Å². The smallest absolute Gasteiger partial charge is 0.341 e. The van der Waals surface area contributed by atoms with Crippen LogP contribution in [0.2, 0.25) is 0 Å². The average molecular weight is 477 g/mol. The van der Waals surface area contributed by atoms with Gasteiger partial charge in [0.2, 0.25) is 0 Å². The number of hydrogen-bond donors (Lipinski definition) is 2. The van der Waals surface area contributed by atoms with Crippen molar-refractivity contribution in [1.29, 1.82) is 0 Å². The predicted molar refractivity (Wildman–Crippen MR) is 128 cm³/mol. The number of rotatable bonds is 14. The number of hydrogen-bond acceptors (Lipinski definition) is 6. The van der Waals surface area contributed by atoms with Gasteiger partial charge in [0.25, 0.3) is 0 Å². The summed E-state index contributed by atoms with van der Waals surface area (Å²) in [6.45, 7) is 4.13. The van der Waals surface area contributed by atoms with Gasteiger partial charge in [-0.1, -0.05) is 31.9 Å². The van der Waals surface area contributed by atoms with E-state index in [0.717, 1.165) is 63.4 Å². The van der Waals surface area contributed by atoms with Gasteiger partial charge in [-0.3, -0.25) is 0 Å². The van der Waals surface area contributed by atoms with Gasteiger partial charge in [0, 0.05) is 6.61 Å². The first-order valence-corrected chi connectivity index (χ1v) is 12.8. The lowest BCUT2D eigenvalue weighted by molar-refractivity contribution is -0.155. The molecule has 1 fully saturated rings. The van der Waals surface area contributed by atoms with Crippen molar-refractivity contribution in [2.75, 3.05) is 19.8 Å². The van der Waals surface area contributed by atoms with Crippen LogP contribution >= 0.6 is 0 Å². The van der Waals surface area contributed by atoms with E-state index >= 15 is 0 Å². The van der Waals surface area contributed by atoms with Crippen LogP contribution in [0.1, 0.15) is 69.9 Å². The first-order chi connectivity index (χ1) is 16.4. The minimum Gasteiger partial charge on any atom is -0.482 e. The number of fused-ring (bicyclic) bond motifs is 2. The first kappa shape index (κ1) is 26.5. The monoisotopic (exact) mass is 476 g/mol. The van der Waals surface area contributed by atoms with Crippen LogP contribution in [-0.2, 0) is 31.9 Å². The predicted octanol–water partition coefficient (Wildman–Crippen LogP) is 4.17. The number of aliphatic carboxylic acids is 1. The van der Waals surface area contributed by atoms with E-state index in [0.29, 0.717) is 24.2 Å². The molecule has 1 aromatic carbocycles. The summed E-state index contributed by atoms with van der Waals surface area (Å²) in [4.78, 5) is 23.1. The van der Waals surface area contributed by atoms with Crippen LogP contribution in [0.15, 0.2) is 18.2 Å². The minimum atomic E-state index is -0.988. The molecule has 2 aliphatic carbocycles. The number of aliphatic hydroxyl groups excluding tert-OH is 1. The van der Waals surface area contributed by atoms with E-state index in [1.54, 1.807) is 0 Å². The molecule has 3 rings (SSSR count). The largest absolute Gasteiger partial charge is 0.482 e. The van der Waals surface area contributed by atoms with Crippen molar-refractivity contribution in [2.24, 2.45) is 17.8 Å². The van der Waals surface area contributed by atoms with Gasteiger partial charge < -0.3 is 24.4 Å². The first-order valence-electron chi connectivity index (χ1n) is 12.8. The third-order valence-electron chi connectivity index (χ3n) is 7.37. The van der Waals surface area contributed by atoms with Crippen molar-refractivity contribution in [3.05, 3.63) is 29.3 Å². The number of benzene rings is 1. The molecule has 2 N–H and O–H groups in total. The molecule has 0 amide bonds. The molecule has 0 spiro atoms. The van der Waals surface area contributed by atoms with Gasteiger partial charge in [-0.05, 0) is 86.8 Å². The van der Waals surface area contributed by atoms with E-state index < -0.39 is 5.97 Å². The second kappa shape index (κ2) is 13.1. The fourth-order valence-electron chi connectivity index (χ4n) is 5.75. The van der Waals surface area contributed by atoms with E-state index in [9.17, 15) is 14.7 Å². The summed E-state index contributed by atoms with van der Waals surface area (Å²) in [5.74, 6) is 0.232. The van der Waals surface area contributed by atoms with Gasteiger partial charge in [-0.25, -0.2) is 9.59 Å². The summed E-state index contributed by atoms with van der Waals surface area (Å²) in [5.41, 5.74) is 2.27. The minimum absolute atomic E-state index is 0.0133. The van der Waals surface area contributed by atoms with Crippen molar-refractivity contribution >= 4 is 11.9 Å². The summed E-state index contributed by atoms with van der Waals surface area (Å²) < 4.78 is 16.5. The second-order valence-electron chi connectivity index (χ2n) is 9.70. The standard InChI is InChI=1S/C27H40O7/c1-3-5-6-9-20(34-27(31)17-32-4-2)11-12-21-22-13-18-8-7-10-25(33-16-26(29)30)23(18)14-19(22)15-24(21)28/h7-8,10,19-22,24,28H,3-6,9,11-17H2,1-2H3,(H,29,30)/t19-,20-,21+,22-,24+/m0/s1. The molecule has 7 heteroatoms. The summed E-state index contributed by atoms with van der Waals surface area (Å²) >= 11 is 0. The molecule has 190 valence electrons. The van der Waals surface area contributed by atoms with Crippen molar-refractivity contribution in [3.8, 4) is 5.75 Å². The average Bonchev–Trinajstić information content (AvgIpc) is 3.12. The summed E-state index contributed by atoms with van der Waals surface area (Å²) in [5, 5.41) is 19.9. The third kappa shape index (κ3) is 7.19. The Kier molecular flexibility index (Phi) is 10.2. The molecular formula is C27H40O7. The van der Waals surface area contributed by atoms with Gasteiger partial charge in [0.05, 0.1) is 6.10 Å². The highest BCUT2D eigenvalue weighted by molar-refractivity contribution is 5.70. The molecule has 5 atom stereocenters. The van der Waals surface area contributed by atoms with Crippen molar-refractivity contribution in [1.82, 2.24) is 0 Å². The zero-order valence-electron chi connectivity index (χ0n) is 20.5. The summed E-state index contributed by atoms with van der Waals surface area (Å²) in [7, 11) is 0. The third-order valence-corrected chi connectivity index (χ3v) is 7.37. The molecule has 2 aliphatic rings. The molecule has 34 heavy (non-hydrogen) atoms. The normalized spacial score (nSPS) is 24.2. The molecule has 0 saturated heterocycles. The molecule has 0 radical (unpaired) electrons. The number of carboxylic acids is 1. The maximum atomic E-state index is 12.2. The molecular weight excluding hydrogens is 436 g/mol. The molecule has 0 bridgehead atoms. The zero-order valence-corrected chi connectivity index (χ0v) is 20.5. The van der Waals surface area contributed by atoms with Crippen LogP contribution in [0.25, 0.3) is 0 Å². The Morgan fingerprint density at radius 2 is 1.94 bits per heavy atom. The maximum Gasteiger partial charge on any atom is 0.341 e. The van der Waals surface area contributed by atoms with Crippen LogP contribution < -0.4 is 4.74 Å². The van der Waals surface area contributed by atoms with E-state index in [4.69, 9.17) is 19.3 Å². The Labute approximate surface area is 202 Å². The van der Waals surface area contributed by atoms with Crippen LogP contribution in [0.5, 0.6) is 5.75 Å². The number of unbranched alkanes of at least 4 members (excludes halogenated alkanes) is 2. The lowest BCUT2D eigenvalue weighted by Crippen LogP contribution is -2.29. The van der Waals surface area contributed by atoms with Crippen molar-refractivity contribution < 1.29 is 34.0 Å². The molecule has 0 unspecified atom stereocenters. The van der Waals surface area contributed by atoms with Gasteiger partial charge in [0.1, 0.15) is 18.5 Å². The molecule has 7 nitrogen and oxygen atoms in total. The summed E-state index contributed by atoms with van der Waals surface area (Å²) in [6.07, 6.45) is 7.55. The molecule has 1 saturated carbocycles. The highest BCUT2D eigenvalue weighted by Gasteiger charge is 2.45. The van der Waals surface area contributed by atoms with Gasteiger partial charge in [0.15, 0.2) is 6.61 Å². The zero-order chi connectivity index (χ0) is 24.5. The van der Waals surface area contributed by atoms with E-state index in [2.05, 4.69) is 13.0 Å². The molecule has 1 aromatic rings. The lowest BCUT2D eigenvalue weighted by atomic mass is 9.73. The lowest BCUT2D eigenvalue weighted by Gasteiger charge is -2.32. The van der Waals surface area contributed by atoms with Crippen LogP contribution in [0, 0.1) is 17.8 Å². The van der Waals surface area contributed by atoms with E-state index in [1.807, 2.05) is 19.1 Å². The van der Waals surface area contributed by atoms with Crippen LogP contribution in [-0.4, -0.2) is 54.2 Å². The van der Waals surface area contributed by atoms with E-state index in [-0.39, 0.29) is 37.3 Å². The number of ether oxygens (including phenoxy) is 3. The molecule has 0 aliphatic heterocycles. The molecule has 0 heterocycles. The maximum absolute atomic E-state index is 12.2. The number of carbonyl (C=O) groups excluding carboxylic acids is 1. The van der Waals surface area contributed by atoms with Gasteiger partial charge in [-0.15, -0.1) is 0 Å². The van der Waals surface area contributed by atoms with Crippen molar-refractivity contribution in [2.45, 2.75) is 83.8 Å². The second-order valence-corrected chi connectivity index (χ2v) is 9.70. The van der Waals surface area contributed by atoms with Gasteiger partial charge >= 0.3 is 11.9 Å². The van der Waals surface area contributed by atoms with E-state index in [1.165, 1.54) is 5.56 Å². The highest BCUT2D eigenvalue weighted by atomic mass is 16.6. The Balaban J connectivity index is 1.63. The molecule has 0 aromatic heterocycles. The SMILES string of the molecule is CCCCC[C@@H](CC[C@@H]1[C@H]2Cc3cccc(OCC(=O)O)c3C[C@H]2C[C@H]1O)OC(=O)COCC. The number of aliphatic hydroxyl groups is 1. The Bertz CT molecular complexity index is 808. The van der Waals surface area contributed by atoms with Gasteiger partial charge in [-0.2, -0.15) is 0 Å². The number of esters is 1. The Hall–Kier alpha value is -2.12. The highest BCUT2D eigenvalue weighted by Crippen LogP contribution is 2.48. The topological polar surface area (TPSA) is 102 Å². The Morgan fingerprint density at radius 3 is 2.68 bits per heavy atom.